The number of anilines is 2. The molecule has 1 fully saturated rings. The van der Waals surface area contributed by atoms with Crippen LogP contribution in [0.4, 0.5) is 11.4 Å². The summed E-state index contributed by atoms with van der Waals surface area (Å²) in [6, 6.07) is 5.81. The fraction of sp³-hybridized carbons (Fsp3) is 0.467. The Kier molecular flexibility index (Phi) is 4.74. The molecule has 1 unspecified atom stereocenters. The molecule has 0 aromatic heterocycles. The molecule has 3 N–H and O–H groups in total. The largest absolute Gasteiger partial charge is 0.326 e. The Morgan fingerprint density at radius 1 is 1.35 bits per heavy atom. The average molecular weight is 275 g/mol. The number of rotatable bonds is 4. The van der Waals surface area contributed by atoms with E-state index in [0.29, 0.717) is 12.1 Å². The summed E-state index contributed by atoms with van der Waals surface area (Å²) < 4.78 is 0. The molecule has 0 spiro atoms. The van der Waals surface area contributed by atoms with Crippen LogP contribution in [0.1, 0.15) is 31.7 Å². The van der Waals surface area contributed by atoms with E-state index >= 15 is 0 Å². The quantitative estimate of drug-likeness (QED) is 0.787. The molecular formula is C15H21N3O2. The van der Waals surface area contributed by atoms with E-state index in [-0.39, 0.29) is 17.9 Å². The maximum absolute atomic E-state index is 11.9. The molecule has 1 aliphatic heterocycles. The predicted octanol–water partition coefficient (Wildman–Crippen LogP) is 2.03. The maximum Gasteiger partial charge on any atom is 0.225 e. The summed E-state index contributed by atoms with van der Waals surface area (Å²) in [6.07, 6.45) is 2.68. The number of aryl methyl sites for hydroxylation is 1. The second-order valence-corrected chi connectivity index (χ2v) is 5.26. The minimum Gasteiger partial charge on any atom is -0.326 e. The third-order valence-corrected chi connectivity index (χ3v) is 3.43. The second-order valence-electron chi connectivity index (χ2n) is 5.26. The van der Waals surface area contributed by atoms with Crippen LogP contribution in [0.3, 0.4) is 0 Å². The third kappa shape index (κ3) is 4.06. The van der Waals surface area contributed by atoms with Gasteiger partial charge in [-0.25, -0.2) is 0 Å². The van der Waals surface area contributed by atoms with Crippen molar-refractivity contribution in [2.75, 3.05) is 17.2 Å². The molecule has 5 heteroatoms. The fourth-order valence-corrected chi connectivity index (χ4v) is 2.39. The van der Waals surface area contributed by atoms with Gasteiger partial charge in [-0.2, -0.15) is 0 Å². The zero-order chi connectivity index (χ0) is 14.5. The molecule has 0 bridgehead atoms. The molecule has 1 aliphatic rings. The van der Waals surface area contributed by atoms with E-state index in [1.807, 2.05) is 19.1 Å². The normalized spacial score (nSPS) is 17.8. The van der Waals surface area contributed by atoms with Crippen LogP contribution in [0.5, 0.6) is 0 Å². The van der Waals surface area contributed by atoms with Crippen LogP contribution in [0, 0.1) is 6.92 Å². The molecule has 0 radical (unpaired) electrons. The molecule has 1 aromatic rings. The zero-order valence-corrected chi connectivity index (χ0v) is 12.0. The molecule has 2 rings (SSSR count). The number of hydrogen-bond acceptors (Lipinski definition) is 3. The lowest BCUT2D eigenvalue weighted by atomic mass is 10.1. The number of hydrogen-bond donors (Lipinski definition) is 3. The fourth-order valence-electron chi connectivity index (χ4n) is 2.39. The van der Waals surface area contributed by atoms with Crippen LogP contribution >= 0.6 is 0 Å². The van der Waals surface area contributed by atoms with E-state index in [1.165, 1.54) is 6.92 Å². The first-order chi connectivity index (χ1) is 9.54. The maximum atomic E-state index is 11.9. The van der Waals surface area contributed by atoms with Crippen molar-refractivity contribution in [3.05, 3.63) is 23.8 Å². The Bertz CT molecular complexity index is 508. The van der Waals surface area contributed by atoms with Crippen LogP contribution in [-0.4, -0.2) is 24.4 Å². The van der Waals surface area contributed by atoms with Gasteiger partial charge in [-0.1, -0.05) is 6.07 Å². The van der Waals surface area contributed by atoms with E-state index < -0.39 is 0 Å². The number of amides is 2. The third-order valence-electron chi connectivity index (χ3n) is 3.43. The second kappa shape index (κ2) is 6.52. The minimum absolute atomic E-state index is 0.00188. The smallest absolute Gasteiger partial charge is 0.225 e. The first-order valence-electron chi connectivity index (χ1n) is 6.96. The van der Waals surface area contributed by atoms with Crippen LogP contribution in [0.25, 0.3) is 0 Å². The van der Waals surface area contributed by atoms with Crippen LogP contribution in [-0.2, 0) is 9.59 Å². The highest BCUT2D eigenvalue weighted by molar-refractivity contribution is 5.94. The van der Waals surface area contributed by atoms with Crippen molar-refractivity contribution in [2.24, 2.45) is 0 Å². The van der Waals surface area contributed by atoms with Crippen molar-refractivity contribution < 1.29 is 9.59 Å². The Hall–Kier alpha value is -1.88. The lowest BCUT2D eigenvalue weighted by Crippen LogP contribution is -2.27. The van der Waals surface area contributed by atoms with Crippen LogP contribution < -0.4 is 16.0 Å². The summed E-state index contributed by atoms with van der Waals surface area (Å²) >= 11 is 0. The standard InChI is InChI=1S/C15H21N3O2/c1-10-5-6-13(8-14(10)17-11(2)19)18-15(20)9-12-4-3-7-16-12/h5-6,8,12,16H,3-4,7,9H2,1-2H3,(H,17,19)(H,18,20). The van der Waals surface area contributed by atoms with Gasteiger partial charge in [0.1, 0.15) is 0 Å². The van der Waals surface area contributed by atoms with E-state index in [4.69, 9.17) is 0 Å². The van der Waals surface area contributed by atoms with Gasteiger partial charge in [-0.3, -0.25) is 9.59 Å². The summed E-state index contributed by atoms with van der Waals surface area (Å²) in [6.45, 7) is 4.38. The molecule has 0 saturated carbocycles. The number of benzene rings is 1. The monoisotopic (exact) mass is 275 g/mol. The van der Waals surface area contributed by atoms with Gasteiger partial charge in [0.15, 0.2) is 0 Å². The first kappa shape index (κ1) is 14.5. The highest BCUT2D eigenvalue weighted by Gasteiger charge is 2.17. The van der Waals surface area contributed by atoms with Gasteiger partial charge in [0, 0.05) is 30.8 Å². The Labute approximate surface area is 119 Å². The van der Waals surface area contributed by atoms with E-state index in [9.17, 15) is 9.59 Å². The van der Waals surface area contributed by atoms with Gasteiger partial charge in [0.25, 0.3) is 0 Å². The highest BCUT2D eigenvalue weighted by Crippen LogP contribution is 2.21. The van der Waals surface area contributed by atoms with E-state index in [0.717, 1.165) is 30.6 Å². The summed E-state index contributed by atoms with van der Waals surface area (Å²) in [7, 11) is 0. The van der Waals surface area contributed by atoms with Crippen molar-refractivity contribution in [3.8, 4) is 0 Å². The van der Waals surface area contributed by atoms with Gasteiger partial charge in [-0.05, 0) is 44.0 Å². The van der Waals surface area contributed by atoms with Gasteiger partial charge in [0.05, 0.1) is 0 Å². The molecule has 1 aromatic carbocycles. The predicted molar refractivity (Wildman–Crippen MR) is 79.8 cm³/mol. The molecule has 2 amide bonds. The molecule has 1 saturated heterocycles. The average Bonchev–Trinajstić information content (AvgIpc) is 2.85. The van der Waals surface area contributed by atoms with Crippen LogP contribution in [0.15, 0.2) is 18.2 Å². The van der Waals surface area contributed by atoms with Gasteiger partial charge >= 0.3 is 0 Å². The minimum atomic E-state index is -0.119. The summed E-state index contributed by atoms with van der Waals surface area (Å²) in [5.41, 5.74) is 2.41. The first-order valence-corrected chi connectivity index (χ1v) is 6.96. The summed E-state index contributed by atoms with van der Waals surface area (Å²) in [5.74, 6) is -0.117. The van der Waals surface area contributed by atoms with E-state index in [2.05, 4.69) is 16.0 Å². The molecule has 108 valence electrons. The molecule has 0 aliphatic carbocycles. The molecule has 5 nitrogen and oxygen atoms in total. The molecule has 1 heterocycles. The Morgan fingerprint density at radius 3 is 2.80 bits per heavy atom. The van der Waals surface area contributed by atoms with Crippen molar-refractivity contribution in [1.82, 2.24) is 5.32 Å². The highest BCUT2D eigenvalue weighted by atomic mass is 16.2. The van der Waals surface area contributed by atoms with Crippen molar-refractivity contribution in [1.29, 1.82) is 0 Å². The summed E-state index contributed by atoms with van der Waals surface area (Å²) in [4.78, 5) is 23.1. The Morgan fingerprint density at radius 2 is 2.15 bits per heavy atom. The van der Waals surface area contributed by atoms with E-state index in [1.54, 1.807) is 6.07 Å². The van der Waals surface area contributed by atoms with Crippen LogP contribution in [0.2, 0.25) is 0 Å². The topological polar surface area (TPSA) is 70.2 Å². The van der Waals surface area contributed by atoms with Gasteiger partial charge in [-0.15, -0.1) is 0 Å². The Balaban J connectivity index is 1.97. The lowest BCUT2D eigenvalue weighted by Gasteiger charge is -2.12. The van der Waals surface area contributed by atoms with Crippen molar-refractivity contribution in [3.63, 3.8) is 0 Å². The lowest BCUT2D eigenvalue weighted by molar-refractivity contribution is -0.116. The SMILES string of the molecule is CC(=O)Nc1cc(NC(=O)CC2CCCN2)ccc1C. The van der Waals surface area contributed by atoms with Gasteiger partial charge in [0.2, 0.25) is 11.8 Å². The van der Waals surface area contributed by atoms with Gasteiger partial charge < -0.3 is 16.0 Å². The molecule has 20 heavy (non-hydrogen) atoms. The van der Waals surface area contributed by atoms with Crippen molar-refractivity contribution >= 4 is 23.2 Å². The molecule has 1 atom stereocenters. The number of nitrogens with one attached hydrogen (secondary N) is 3. The number of carbonyl (C=O) groups excluding carboxylic acids is 2. The molecular weight excluding hydrogens is 254 g/mol. The van der Waals surface area contributed by atoms with Crippen molar-refractivity contribution in [2.45, 2.75) is 39.2 Å². The zero-order valence-electron chi connectivity index (χ0n) is 12.0. The number of carbonyl (C=O) groups is 2. The summed E-state index contributed by atoms with van der Waals surface area (Å²) in [5, 5.41) is 8.94.